The molecular formula is C8H17NO2. The SMILES string of the molecule is CCC(C)C(C)NC(O)C=O. The lowest BCUT2D eigenvalue weighted by molar-refractivity contribution is -0.116. The van der Waals surface area contributed by atoms with Crippen molar-refractivity contribution in [3.05, 3.63) is 0 Å². The van der Waals surface area contributed by atoms with Gasteiger partial charge in [0.25, 0.3) is 0 Å². The minimum absolute atomic E-state index is 0.181. The zero-order valence-corrected chi connectivity index (χ0v) is 7.37. The summed E-state index contributed by atoms with van der Waals surface area (Å²) in [5.74, 6) is 0.476. The summed E-state index contributed by atoms with van der Waals surface area (Å²) in [6.45, 7) is 6.12. The van der Waals surface area contributed by atoms with Gasteiger partial charge in [0.05, 0.1) is 0 Å². The van der Waals surface area contributed by atoms with Gasteiger partial charge in [0.15, 0.2) is 12.5 Å². The van der Waals surface area contributed by atoms with Crippen LogP contribution in [-0.2, 0) is 4.79 Å². The maximum Gasteiger partial charge on any atom is 0.163 e. The number of aliphatic hydroxyl groups is 1. The van der Waals surface area contributed by atoms with Gasteiger partial charge < -0.3 is 5.11 Å². The van der Waals surface area contributed by atoms with Crippen LogP contribution in [0.1, 0.15) is 27.2 Å². The molecule has 0 aliphatic rings. The maximum absolute atomic E-state index is 10.0. The van der Waals surface area contributed by atoms with Gasteiger partial charge in [-0.15, -0.1) is 0 Å². The second-order valence-corrected chi connectivity index (χ2v) is 2.92. The third-order valence-corrected chi connectivity index (χ3v) is 2.06. The molecule has 0 fully saturated rings. The molecule has 0 saturated carbocycles. The largest absolute Gasteiger partial charge is 0.371 e. The van der Waals surface area contributed by atoms with Crippen LogP contribution in [-0.4, -0.2) is 23.7 Å². The number of rotatable bonds is 5. The molecule has 0 rings (SSSR count). The Balaban J connectivity index is 3.66. The predicted octanol–water partition coefficient (Wildman–Crippen LogP) is 0.528. The fraction of sp³-hybridized carbons (Fsp3) is 0.875. The predicted molar refractivity (Wildman–Crippen MR) is 44.1 cm³/mol. The van der Waals surface area contributed by atoms with E-state index >= 15 is 0 Å². The minimum atomic E-state index is -1.01. The average Bonchev–Trinajstić information content (AvgIpc) is 2.02. The number of aldehydes is 1. The van der Waals surface area contributed by atoms with Crippen LogP contribution >= 0.6 is 0 Å². The van der Waals surface area contributed by atoms with E-state index in [1.807, 2.05) is 6.92 Å². The number of aliphatic hydroxyl groups excluding tert-OH is 1. The summed E-state index contributed by atoms with van der Waals surface area (Å²) in [7, 11) is 0. The van der Waals surface area contributed by atoms with Gasteiger partial charge in [-0.05, 0) is 12.8 Å². The lowest BCUT2D eigenvalue weighted by atomic mass is 10.0. The summed E-state index contributed by atoms with van der Waals surface area (Å²) < 4.78 is 0. The second kappa shape index (κ2) is 5.27. The Morgan fingerprint density at radius 2 is 2.09 bits per heavy atom. The van der Waals surface area contributed by atoms with E-state index < -0.39 is 6.23 Å². The van der Waals surface area contributed by atoms with Gasteiger partial charge in [0.2, 0.25) is 0 Å². The highest BCUT2D eigenvalue weighted by atomic mass is 16.3. The second-order valence-electron chi connectivity index (χ2n) is 2.92. The van der Waals surface area contributed by atoms with Gasteiger partial charge in [0.1, 0.15) is 0 Å². The first-order valence-corrected chi connectivity index (χ1v) is 4.01. The van der Waals surface area contributed by atoms with Crippen LogP contribution in [0.4, 0.5) is 0 Å². The van der Waals surface area contributed by atoms with Gasteiger partial charge in [-0.25, -0.2) is 0 Å². The molecule has 0 radical (unpaired) electrons. The molecule has 0 spiro atoms. The highest BCUT2D eigenvalue weighted by Crippen LogP contribution is 2.06. The molecule has 0 aliphatic carbocycles. The van der Waals surface area contributed by atoms with Crippen molar-refractivity contribution in [3.8, 4) is 0 Å². The summed E-state index contributed by atoms with van der Waals surface area (Å²) in [5.41, 5.74) is 0. The lowest BCUT2D eigenvalue weighted by Gasteiger charge is -2.20. The normalized spacial score (nSPS) is 18.9. The van der Waals surface area contributed by atoms with Crippen LogP contribution in [0.3, 0.4) is 0 Å². The summed E-state index contributed by atoms with van der Waals surface area (Å²) in [4.78, 5) is 10.0. The first kappa shape index (κ1) is 10.6. The molecule has 0 aromatic carbocycles. The van der Waals surface area contributed by atoms with E-state index in [0.717, 1.165) is 6.42 Å². The Bertz CT molecular complexity index is 117. The first-order valence-electron chi connectivity index (χ1n) is 4.01. The van der Waals surface area contributed by atoms with E-state index in [4.69, 9.17) is 5.11 Å². The molecule has 0 heterocycles. The van der Waals surface area contributed by atoms with Crippen molar-refractivity contribution < 1.29 is 9.90 Å². The Morgan fingerprint density at radius 3 is 2.45 bits per heavy atom. The standard InChI is InChI=1S/C8H17NO2/c1-4-6(2)7(3)9-8(11)5-10/h5-9,11H,4H2,1-3H3. The highest BCUT2D eigenvalue weighted by molar-refractivity contribution is 5.54. The van der Waals surface area contributed by atoms with E-state index in [9.17, 15) is 4.79 Å². The molecule has 3 heteroatoms. The van der Waals surface area contributed by atoms with Crippen molar-refractivity contribution in [2.75, 3.05) is 0 Å². The topological polar surface area (TPSA) is 49.3 Å². The van der Waals surface area contributed by atoms with Crippen molar-refractivity contribution in [2.24, 2.45) is 5.92 Å². The molecule has 0 aromatic rings. The van der Waals surface area contributed by atoms with Crippen LogP contribution in [0.2, 0.25) is 0 Å². The van der Waals surface area contributed by atoms with Crippen LogP contribution in [0.5, 0.6) is 0 Å². The van der Waals surface area contributed by atoms with Crippen LogP contribution in [0, 0.1) is 5.92 Å². The third-order valence-electron chi connectivity index (χ3n) is 2.06. The third kappa shape index (κ3) is 4.11. The molecule has 0 aliphatic heterocycles. The zero-order chi connectivity index (χ0) is 8.85. The van der Waals surface area contributed by atoms with Crippen molar-refractivity contribution in [1.29, 1.82) is 0 Å². The molecule has 0 amide bonds. The van der Waals surface area contributed by atoms with Crippen LogP contribution < -0.4 is 5.32 Å². The molecule has 2 N–H and O–H groups in total. The van der Waals surface area contributed by atoms with Crippen molar-refractivity contribution in [2.45, 2.75) is 39.5 Å². The van der Waals surface area contributed by atoms with E-state index in [-0.39, 0.29) is 6.04 Å². The number of hydrogen-bond donors (Lipinski definition) is 2. The lowest BCUT2D eigenvalue weighted by Crippen LogP contribution is -2.40. The number of carbonyl (C=O) groups is 1. The van der Waals surface area contributed by atoms with Crippen molar-refractivity contribution in [3.63, 3.8) is 0 Å². The van der Waals surface area contributed by atoms with Gasteiger partial charge in [-0.3, -0.25) is 10.1 Å². The van der Waals surface area contributed by atoms with Crippen molar-refractivity contribution >= 4 is 6.29 Å². The number of hydrogen-bond acceptors (Lipinski definition) is 3. The Labute approximate surface area is 67.8 Å². The first-order chi connectivity index (χ1) is 5.11. The van der Waals surface area contributed by atoms with Gasteiger partial charge in [-0.2, -0.15) is 0 Å². The van der Waals surface area contributed by atoms with Crippen molar-refractivity contribution in [1.82, 2.24) is 5.32 Å². The fourth-order valence-electron chi connectivity index (χ4n) is 0.826. The molecule has 3 unspecified atom stereocenters. The van der Waals surface area contributed by atoms with Crippen LogP contribution in [0.15, 0.2) is 0 Å². The molecule has 0 saturated heterocycles. The molecule has 11 heavy (non-hydrogen) atoms. The Kier molecular flexibility index (Phi) is 5.07. The molecule has 3 nitrogen and oxygen atoms in total. The molecule has 0 bridgehead atoms. The quantitative estimate of drug-likeness (QED) is 0.454. The maximum atomic E-state index is 10.0. The zero-order valence-electron chi connectivity index (χ0n) is 7.37. The summed E-state index contributed by atoms with van der Waals surface area (Å²) in [5, 5.41) is 11.7. The smallest absolute Gasteiger partial charge is 0.163 e. The van der Waals surface area contributed by atoms with Gasteiger partial charge >= 0.3 is 0 Å². The summed E-state index contributed by atoms with van der Waals surface area (Å²) in [6, 6.07) is 0.181. The fourth-order valence-corrected chi connectivity index (χ4v) is 0.826. The van der Waals surface area contributed by atoms with E-state index in [1.165, 1.54) is 0 Å². The number of nitrogens with one attached hydrogen (secondary N) is 1. The summed E-state index contributed by atoms with van der Waals surface area (Å²) >= 11 is 0. The minimum Gasteiger partial charge on any atom is -0.371 e. The van der Waals surface area contributed by atoms with E-state index in [1.54, 1.807) is 0 Å². The Morgan fingerprint density at radius 1 is 1.55 bits per heavy atom. The van der Waals surface area contributed by atoms with E-state index in [2.05, 4.69) is 19.2 Å². The van der Waals surface area contributed by atoms with Gasteiger partial charge in [-0.1, -0.05) is 20.3 Å². The molecule has 0 aromatic heterocycles. The monoisotopic (exact) mass is 159 g/mol. The molecule has 3 atom stereocenters. The Hall–Kier alpha value is -0.410. The summed E-state index contributed by atoms with van der Waals surface area (Å²) in [6.07, 6.45) is 0.525. The van der Waals surface area contributed by atoms with Crippen LogP contribution in [0.25, 0.3) is 0 Å². The number of carbonyl (C=O) groups excluding carboxylic acids is 1. The van der Waals surface area contributed by atoms with Gasteiger partial charge in [0, 0.05) is 6.04 Å². The molecular weight excluding hydrogens is 142 g/mol. The average molecular weight is 159 g/mol. The van der Waals surface area contributed by atoms with E-state index in [0.29, 0.717) is 12.2 Å². The molecule has 66 valence electrons. The highest BCUT2D eigenvalue weighted by Gasteiger charge is 2.12.